The number of carbonyl (C=O) groups excluding carboxylic acids is 1. The van der Waals surface area contributed by atoms with Gasteiger partial charge >= 0.3 is 5.63 Å². The first-order valence-corrected chi connectivity index (χ1v) is 9.11. The molecule has 0 bridgehead atoms. The topological polar surface area (TPSA) is 81.4 Å². The highest BCUT2D eigenvalue weighted by molar-refractivity contribution is 9.10. The van der Waals surface area contributed by atoms with Gasteiger partial charge in [0.2, 0.25) is 5.88 Å². The minimum atomic E-state index is -0.696. The van der Waals surface area contributed by atoms with Crippen LogP contribution in [-0.2, 0) is 0 Å². The molecule has 0 radical (unpaired) electrons. The maximum atomic E-state index is 12.5. The minimum absolute atomic E-state index is 0.0758. The van der Waals surface area contributed by atoms with Crippen LogP contribution in [0, 0.1) is 0 Å². The molecule has 6 nitrogen and oxygen atoms in total. The smallest absolute Gasteiger partial charge is 0.349 e. The van der Waals surface area contributed by atoms with Crippen LogP contribution >= 0.6 is 15.9 Å². The second-order valence-corrected chi connectivity index (χ2v) is 6.80. The van der Waals surface area contributed by atoms with Crippen molar-refractivity contribution in [1.29, 1.82) is 0 Å². The predicted molar refractivity (Wildman–Crippen MR) is 109 cm³/mol. The number of rotatable bonds is 4. The van der Waals surface area contributed by atoms with Crippen molar-refractivity contribution in [3.63, 3.8) is 0 Å². The lowest BCUT2D eigenvalue weighted by atomic mass is 10.2. The summed E-state index contributed by atoms with van der Waals surface area (Å²) in [5, 5.41) is 3.31. The van der Waals surface area contributed by atoms with Crippen molar-refractivity contribution in [2.24, 2.45) is 0 Å². The number of carbonyl (C=O) groups is 1. The molecule has 0 spiro atoms. The monoisotopic (exact) mass is 436 g/mol. The maximum absolute atomic E-state index is 12.5. The van der Waals surface area contributed by atoms with Gasteiger partial charge in [-0.15, -0.1) is 0 Å². The molecule has 0 fully saturated rings. The van der Waals surface area contributed by atoms with E-state index in [9.17, 15) is 9.59 Å². The van der Waals surface area contributed by atoms with Crippen molar-refractivity contribution in [3.05, 3.63) is 93.4 Å². The average Bonchev–Trinajstić information content (AvgIpc) is 2.69. The number of aromatic nitrogens is 1. The summed E-state index contributed by atoms with van der Waals surface area (Å²) in [5.41, 5.74) is 0.0887. The van der Waals surface area contributed by atoms with E-state index in [1.165, 1.54) is 12.3 Å². The number of hydrogen-bond donors (Lipinski definition) is 1. The zero-order valence-electron chi connectivity index (χ0n) is 14.4. The van der Waals surface area contributed by atoms with Crippen molar-refractivity contribution in [1.82, 2.24) is 4.98 Å². The third-order valence-electron chi connectivity index (χ3n) is 3.90. The standard InChI is InChI=1S/C21H13BrN2O4/c22-14-5-3-6-16(11-14)27-19-9-8-15(12-23-19)24-20(25)17-10-13-4-1-2-7-18(13)28-21(17)26/h1-12H,(H,24,25). The Morgan fingerprint density at radius 2 is 1.89 bits per heavy atom. The molecule has 1 N–H and O–H groups in total. The van der Waals surface area contributed by atoms with Crippen LogP contribution in [0.15, 0.2) is 86.6 Å². The van der Waals surface area contributed by atoms with E-state index in [0.717, 1.165) is 4.47 Å². The van der Waals surface area contributed by atoms with Gasteiger partial charge in [-0.1, -0.05) is 40.2 Å². The molecule has 0 aliphatic rings. The molecule has 0 aliphatic heterocycles. The Morgan fingerprint density at radius 3 is 2.68 bits per heavy atom. The first kappa shape index (κ1) is 17.9. The number of nitrogens with one attached hydrogen (secondary N) is 1. The normalized spacial score (nSPS) is 10.6. The number of ether oxygens (including phenoxy) is 1. The van der Waals surface area contributed by atoms with Gasteiger partial charge < -0.3 is 14.5 Å². The maximum Gasteiger partial charge on any atom is 0.349 e. The molecule has 0 atom stereocenters. The summed E-state index contributed by atoms with van der Waals surface area (Å²) in [4.78, 5) is 28.7. The van der Waals surface area contributed by atoms with Crippen molar-refractivity contribution < 1.29 is 13.9 Å². The van der Waals surface area contributed by atoms with Crippen LogP contribution in [0.3, 0.4) is 0 Å². The molecule has 0 saturated carbocycles. The number of nitrogens with zero attached hydrogens (tertiary/aromatic N) is 1. The van der Waals surface area contributed by atoms with Crippen LogP contribution in [0.25, 0.3) is 11.0 Å². The van der Waals surface area contributed by atoms with E-state index in [4.69, 9.17) is 9.15 Å². The van der Waals surface area contributed by atoms with Crippen LogP contribution < -0.4 is 15.7 Å². The summed E-state index contributed by atoms with van der Waals surface area (Å²) in [6.45, 7) is 0. The van der Waals surface area contributed by atoms with Crippen molar-refractivity contribution >= 4 is 38.5 Å². The second kappa shape index (κ2) is 7.66. The quantitative estimate of drug-likeness (QED) is 0.455. The largest absolute Gasteiger partial charge is 0.439 e. The molecule has 2 aromatic heterocycles. The Balaban J connectivity index is 1.50. The molecule has 0 saturated heterocycles. The zero-order valence-corrected chi connectivity index (χ0v) is 16.0. The van der Waals surface area contributed by atoms with E-state index in [0.29, 0.717) is 28.3 Å². The Bertz CT molecular complexity index is 1220. The van der Waals surface area contributed by atoms with Gasteiger partial charge in [-0.2, -0.15) is 0 Å². The first-order chi connectivity index (χ1) is 13.6. The average molecular weight is 437 g/mol. The third kappa shape index (κ3) is 3.94. The van der Waals surface area contributed by atoms with E-state index in [-0.39, 0.29) is 5.56 Å². The highest BCUT2D eigenvalue weighted by Gasteiger charge is 2.14. The molecule has 4 aromatic rings. The van der Waals surface area contributed by atoms with Gasteiger partial charge in [0.25, 0.3) is 5.91 Å². The number of pyridine rings is 1. The van der Waals surface area contributed by atoms with Gasteiger partial charge in [0, 0.05) is 15.9 Å². The first-order valence-electron chi connectivity index (χ1n) is 8.32. The lowest BCUT2D eigenvalue weighted by Crippen LogP contribution is -2.20. The fraction of sp³-hybridized carbons (Fsp3) is 0. The summed E-state index contributed by atoms with van der Waals surface area (Å²) in [7, 11) is 0. The Kier molecular flexibility index (Phi) is 4.90. The summed E-state index contributed by atoms with van der Waals surface area (Å²) in [6.07, 6.45) is 1.45. The van der Waals surface area contributed by atoms with Crippen LogP contribution in [0.5, 0.6) is 11.6 Å². The lowest BCUT2D eigenvalue weighted by Gasteiger charge is -2.07. The number of benzene rings is 2. The van der Waals surface area contributed by atoms with Crippen molar-refractivity contribution in [3.8, 4) is 11.6 Å². The fourth-order valence-electron chi connectivity index (χ4n) is 2.58. The molecule has 0 unspecified atom stereocenters. The molecule has 2 heterocycles. The van der Waals surface area contributed by atoms with Gasteiger partial charge in [0.15, 0.2) is 0 Å². The van der Waals surface area contributed by atoms with Crippen LogP contribution in [0.4, 0.5) is 5.69 Å². The Hall–Kier alpha value is -3.45. The molecular weight excluding hydrogens is 424 g/mol. The van der Waals surface area contributed by atoms with Crippen LogP contribution in [0.2, 0.25) is 0 Å². The highest BCUT2D eigenvalue weighted by Crippen LogP contribution is 2.23. The number of hydrogen-bond acceptors (Lipinski definition) is 5. The highest BCUT2D eigenvalue weighted by atomic mass is 79.9. The van der Waals surface area contributed by atoms with E-state index in [1.807, 2.05) is 18.2 Å². The molecule has 4 rings (SSSR count). The van der Waals surface area contributed by atoms with Gasteiger partial charge in [-0.25, -0.2) is 9.78 Å². The minimum Gasteiger partial charge on any atom is -0.439 e. The molecule has 28 heavy (non-hydrogen) atoms. The fourth-order valence-corrected chi connectivity index (χ4v) is 2.96. The van der Waals surface area contributed by atoms with Crippen molar-refractivity contribution in [2.75, 3.05) is 5.32 Å². The third-order valence-corrected chi connectivity index (χ3v) is 4.39. The number of anilines is 1. The van der Waals surface area contributed by atoms with Gasteiger partial charge in [-0.3, -0.25) is 4.79 Å². The molecule has 2 aromatic carbocycles. The Labute approximate surface area is 167 Å². The Morgan fingerprint density at radius 1 is 1.04 bits per heavy atom. The molecule has 138 valence electrons. The number of fused-ring (bicyclic) bond motifs is 1. The summed E-state index contributed by atoms with van der Waals surface area (Å²) in [5.74, 6) is 0.440. The van der Waals surface area contributed by atoms with E-state index >= 15 is 0 Å². The predicted octanol–water partition coefficient (Wildman–Crippen LogP) is 5.00. The van der Waals surface area contributed by atoms with E-state index in [2.05, 4.69) is 26.2 Å². The van der Waals surface area contributed by atoms with Crippen LogP contribution in [-0.4, -0.2) is 10.9 Å². The number of halogens is 1. The van der Waals surface area contributed by atoms with Gasteiger partial charge in [0.1, 0.15) is 16.9 Å². The van der Waals surface area contributed by atoms with Crippen LogP contribution in [0.1, 0.15) is 10.4 Å². The van der Waals surface area contributed by atoms with E-state index in [1.54, 1.807) is 42.5 Å². The summed E-state index contributed by atoms with van der Waals surface area (Å²) < 4.78 is 11.7. The van der Waals surface area contributed by atoms with E-state index < -0.39 is 11.5 Å². The van der Waals surface area contributed by atoms with Crippen molar-refractivity contribution in [2.45, 2.75) is 0 Å². The molecule has 1 amide bonds. The molecular formula is C21H13BrN2O4. The lowest BCUT2D eigenvalue weighted by molar-refractivity contribution is 0.102. The summed E-state index contributed by atoms with van der Waals surface area (Å²) >= 11 is 3.38. The summed E-state index contributed by atoms with van der Waals surface area (Å²) in [6, 6.07) is 19.1. The number of para-hydroxylation sites is 1. The SMILES string of the molecule is O=C(Nc1ccc(Oc2cccc(Br)c2)nc1)c1cc2ccccc2oc1=O. The number of amides is 1. The van der Waals surface area contributed by atoms with Gasteiger partial charge in [-0.05, 0) is 36.4 Å². The molecule has 7 heteroatoms. The van der Waals surface area contributed by atoms with Gasteiger partial charge in [0.05, 0.1) is 11.9 Å². The molecule has 0 aliphatic carbocycles. The second-order valence-electron chi connectivity index (χ2n) is 5.88. The zero-order chi connectivity index (χ0) is 19.5.